The van der Waals surface area contributed by atoms with Gasteiger partial charge in [0.15, 0.2) is 0 Å². The zero-order valence-electron chi connectivity index (χ0n) is 9.75. The second-order valence-electron chi connectivity index (χ2n) is 3.68. The average molecular weight is 251 g/mol. The minimum atomic E-state index is -0.554. The smallest absolute Gasteiger partial charge is 0.353 e. The summed E-state index contributed by atoms with van der Waals surface area (Å²) in [5.74, 6) is -0.0790. The van der Waals surface area contributed by atoms with Crippen molar-refractivity contribution in [3.63, 3.8) is 0 Å². The highest BCUT2D eigenvalue weighted by Crippen LogP contribution is 2.33. The Morgan fingerprint density at radius 2 is 2.00 bits per heavy atom. The Morgan fingerprint density at radius 3 is 2.56 bits per heavy atom. The van der Waals surface area contributed by atoms with Crippen LogP contribution < -0.4 is 4.74 Å². The van der Waals surface area contributed by atoms with E-state index in [1.807, 2.05) is 0 Å². The van der Waals surface area contributed by atoms with Gasteiger partial charge in [-0.05, 0) is 31.2 Å². The van der Waals surface area contributed by atoms with Crippen molar-refractivity contribution in [3.8, 4) is 11.6 Å². The molecular formula is C11H10FN3O3. The third-order valence-corrected chi connectivity index (χ3v) is 2.35. The Balaban J connectivity index is 2.39. The van der Waals surface area contributed by atoms with Crippen LogP contribution in [0.2, 0.25) is 0 Å². The van der Waals surface area contributed by atoms with Gasteiger partial charge in [0.1, 0.15) is 17.3 Å². The van der Waals surface area contributed by atoms with E-state index in [-0.39, 0.29) is 17.3 Å². The molecule has 94 valence electrons. The van der Waals surface area contributed by atoms with E-state index in [0.717, 1.165) is 0 Å². The topological polar surface area (TPSA) is 70.2 Å². The molecule has 0 spiro atoms. The number of rotatable bonds is 3. The number of nitro groups is 1. The quantitative estimate of drug-likeness (QED) is 0.621. The zero-order valence-corrected chi connectivity index (χ0v) is 9.75. The van der Waals surface area contributed by atoms with Crippen LogP contribution in [0.5, 0.6) is 11.6 Å². The van der Waals surface area contributed by atoms with Crippen LogP contribution in [-0.4, -0.2) is 14.7 Å². The molecule has 0 saturated carbocycles. The number of nitrogens with zero attached hydrogens (tertiary/aromatic N) is 3. The maximum absolute atomic E-state index is 12.7. The van der Waals surface area contributed by atoms with E-state index in [0.29, 0.717) is 5.75 Å². The highest BCUT2D eigenvalue weighted by atomic mass is 19.1. The lowest BCUT2D eigenvalue weighted by Crippen LogP contribution is -1.97. The molecule has 0 aliphatic rings. The summed E-state index contributed by atoms with van der Waals surface area (Å²) in [4.78, 5) is 10.4. The minimum absolute atomic E-state index is 0.0177. The van der Waals surface area contributed by atoms with Crippen molar-refractivity contribution in [1.29, 1.82) is 0 Å². The van der Waals surface area contributed by atoms with Gasteiger partial charge in [-0.3, -0.25) is 10.1 Å². The molecule has 1 aromatic heterocycles. The van der Waals surface area contributed by atoms with Crippen LogP contribution in [0.4, 0.5) is 10.1 Å². The Kier molecular flexibility index (Phi) is 2.97. The molecule has 2 rings (SSSR count). The van der Waals surface area contributed by atoms with Crippen LogP contribution in [-0.2, 0) is 7.05 Å². The molecule has 7 heteroatoms. The first-order valence-electron chi connectivity index (χ1n) is 5.10. The Morgan fingerprint density at radius 1 is 1.39 bits per heavy atom. The number of aryl methyl sites for hydroxylation is 2. The molecule has 6 nitrogen and oxygen atoms in total. The van der Waals surface area contributed by atoms with Crippen LogP contribution in [0.1, 0.15) is 5.69 Å². The molecule has 0 fully saturated rings. The Bertz CT molecular complexity index is 592. The first kappa shape index (κ1) is 12.0. The van der Waals surface area contributed by atoms with Gasteiger partial charge < -0.3 is 4.74 Å². The predicted octanol–water partition coefficient (Wildman–Crippen LogP) is 2.57. The van der Waals surface area contributed by atoms with Crippen LogP contribution in [0.25, 0.3) is 0 Å². The lowest BCUT2D eigenvalue weighted by Gasteiger charge is -2.04. The van der Waals surface area contributed by atoms with Gasteiger partial charge in [-0.2, -0.15) is 5.10 Å². The number of halogens is 1. The van der Waals surface area contributed by atoms with E-state index < -0.39 is 10.7 Å². The SMILES string of the molecule is Cc1nn(C)c(Oc2ccc(F)cc2)c1[N+](=O)[O-]. The lowest BCUT2D eigenvalue weighted by atomic mass is 10.3. The van der Waals surface area contributed by atoms with Crippen molar-refractivity contribution in [2.75, 3.05) is 0 Å². The fourth-order valence-corrected chi connectivity index (χ4v) is 1.56. The Hall–Kier alpha value is -2.44. The second kappa shape index (κ2) is 4.44. The van der Waals surface area contributed by atoms with E-state index in [2.05, 4.69) is 5.10 Å². The zero-order chi connectivity index (χ0) is 13.3. The molecule has 0 amide bonds. The molecule has 18 heavy (non-hydrogen) atoms. The van der Waals surface area contributed by atoms with Crippen molar-refractivity contribution in [2.45, 2.75) is 6.92 Å². The van der Waals surface area contributed by atoms with Gasteiger partial charge in [0.2, 0.25) is 0 Å². The first-order chi connectivity index (χ1) is 8.49. The van der Waals surface area contributed by atoms with Crippen molar-refractivity contribution in [1.82, 2.24) is 9.78 Å². The van der Waals surface area contributed by atoms with Gasteiger partial charge >= 0.3 is 5.69 Å². The third kappa shape index (κ3) is 2.15. The summed E-state index contributed by atoms with van der Waals surface area (Å²) in [5.41, 5.74) is 0.0708. The van der Waals surface area contributed by atoms with Gasteiger partial charge in [-0.25, -0.2) is 9.07 Å². The van der Waals surface area contributed by atoms with Gasteiger partial charge in [-0.15, -0.1) is 0 Å². The van der Waals surface area contributed by atoms with Gasteiger partial charge in [-0.1, -0.05) is 0 Å². The molecule has 2 aromatic rings. The summed E-state index contributed by atoms with van der Waals surface area (Å²) in [6.45, 7) is 1.52. The van der Waals surface area contributed by atoms with Crippen LogP contribution in [0, 0.1) is 22.9 Å². The Labute approximate surface area is 102 Å². The molecule has 1 aromatic carbocycles. The summed E-state index contributed by atoms with van der Waals surface area (Å²) < 4.78 is 19.4. The predicted molar refractivity (Wildman–Crippen MR) is 61.1 cm³/mol. The number of aromatic nitrogens is 2. The van der Waals surface area contributed by atoms with E-state index >= 15 is 0 Å². The minimum Gasteiger partial charge on any atom is -0.434 e. The van der Waals surface area contributed by atoms with Gasteiger partial charge in [0.05, 0.1) is 4.92 Å². The highest BCUT2D eigenvalue weighted by molar-refractivity contribution is 5.47. The lowest BCUT2D eigenvalue weighted by molar-refractivity contribution is -0.386. The maximum Gasteiger partial charge on any atom is 0.353 e. The monoisotopic (exact) mass is 251 g/mol. The average Bonchev–Trinajstić information content (AvgIpc) is 2.57. The number of hydrogen-bond acceptors (Lipinski definition) is 4. The molecule has 0 aliphatic heterocycles. The fourth-order valence-electron chi connectivity index (χ4n) is 1.56. The third-order valence-electron chi connectivity index (χ3n) is 2.35. The van der Waals surface area contributed by atoms with Gasteiger partial charge in [0.25, 0.3) is 5.88 Å². The van der Waals surface area contributed by atoms with Crippen molar-refractivity contribution >= 4 is 5.69 Å². The molecule has 0 saturated heterocycles. The van der Waals surface area contributed by atoms with Gasteiger partial charge in [0, 0.05) is 7.05 Å². The van der Waals surface area contributed by atoms with E-state index in [4.69, 9.17) is 4.74 Å². The summed E-state index contributed by atoms with van der Waals surface area (Å²) in [5, 5.41) is 14.8. The van der Waals surface area contributed by atoms with E-state index in [9.17, 15) is 14.5 Å². The second-order valence-corrected chi connectivity index (χ2v) is 3.68. The number of benzene rings is 1. The summed E-state index contributed by atoms with van der Waals surface area (Å²) >= 11 is 0. The number of hydrogen-bond donors (Lipinski definition) is 0. The highest BCUT2D eigenvalue weighted by Gasteiger charge is 2.26. The molecule has 0 N–H and O–H groups in total. The normalized spacial score (nSPS) is 10.4. The first-order valence-corrected chi connectivity index (χ1v) is 5.10. The summed E-state index contributed by atoms with van der Waals surface area (Å²) in [7, 11) is 1.54. The molecule has 1 heterocycles. The van der Waals surface area contributed by atoms with Crippen LogP contribution in [0.15, 0.2) is 24.3 Å². The number of ether oxygens (including phenoxy) is 1. The summed E-state index contributed by atoms with van der Waals surface area (Å²) in [6.07, 6.45) is 0. The summed E-state index contributed by atoms with van der Waals surface area (Å²) in [6, 6.07) is 5.21. The van der Waals surface area contributed by atoms with E-state index in [1.165, 1.54) is 35.9 Å². The maximum atomic E-state index is 12.7. The molecule has 0 aliphatic carbocycles. The van der Waals surface area contributed by atoms with Crippen LogP contribution >= 0.6 is 0 Å². The largest absolute Gasteiger partial charge is 0.434 e. The van der Waals surface area contributed by atoms with Crippen LogP contribution in [0.3, 0.4) is 0 Å². The van der Waals surface area contributed by atoms with Crippen molar-refractivity contribution in [3.05, 3.63) is 45.9 Å². The van der Waals surface area contributed by atoms with E-state index in [1.54, 1.807) is 7.05 Å². The standard InChI is InChI=1S/C11H10FN3O3/c1-7-10(15(16)17)11(14(2)13-7)18-9-5-3-8(12)4-6-9/h3-6H,1-2H3. The van der Waals surface area contributed by atoms with Crippen molar-refractivity contribution in [2.24, 2.45) is 7.05 Å². The fraction of sp³-hybridized carbons (Fsp3) is 0.182. The molecule has 0 radical (unpaired) electrons. The molecule has 0 bridgehead atoms. The molecule has 0 atom stereocenters. The molecular weight excluding hydrogens is 241 g/mol. The molecule has 0 unspecified atom stereocenters. The van der Waals surface area contributed by atoms with Crippen molar-refractivity contribution < 1.29 is 14.1 Å².